The molecular weight excluding hydrogens is 208 g/mol. The predicted octanol–water partition coefficient (Wildman–Crippen LogP) is 3.03. The molecule has 0 aromatic carbocycles. The summed E-state index contributed by atoms with van der Waals surface area (Å²) in [6.45, 7) is 13.1. The molecule has 0 aromatic heterocycles. The van der Waals surface area contributed by atoms with Crippen LogP contribution in [0.15, 0.2) is 0 Å². The number of nitrogens with one attached hydrogen (secondary N) is 1. The van der Waals surface area contributed by atoms with Crippen LogP contribution in [0.3, 0.4) is 0 Å². The highest BCUT2D eigenvalue weighted by molar-refractivity contribution is 5.06. The van der Waals surface area contributed by atoms with Crippen LogP contribution >= 0.6 is 0 Å². The lowest BCUT2D eigenvalue weighted by atomic mass is 9.86. The Morgan fingerprint density at radius 3 is 2.47 bits per heavy atom. The van der Waals surface area contributed by atoms with Gasteiger partial charge in [0.15, 0.2) is 0 Å². The molecule has 1 aliphatic heterocycles. The van der Waals surface area contributed by atoms with E-state index >= 15 is 0 Å². The molecule has 0 aromatic rings. The summed E-state index contributed by atoms with van der Waals surface area (Å²) in [5, 5.41) is 3.75. The molecule has 2 rings (SSSR count). The van der Waals surface area contributed by atoms with Gasteiger partial charge in [-0.1, -0.05) is 19.8 Å². The second-order valence-electron chi connectivity index (χ2n) is 7.00. The zero-order chi connectivity index (χ0) is 12.5. The van der Waals surface area contributed by atoms with Crippen molar-refractivity contribution in [3.05, 3.63) is 0 Å². The minimum atomic E-state index is 0.292. The molecule has 1 aliphatic carbocycles. The van der Waals surface area contributed by atoms with Gasteiger partial charge in [0.2, 0.25) is 0 Å². The average molecular weight is 238 g/mol. The van der Waals surface area contributed by atoms with Gasteiger partial charge >= 0.3 is 0 Å². The van der Waals surface area contributed by atoms with Crippen LogP contribution in [0, 0.1) is 5.92 Å². The second kappa shape index (κ2) is 4.89. The highest BCUT2D eigenvalue weighted by Crippen LogP contribution is 2.44. The number of unbranched alkanes of at least 4 members (excludes halogenated alkanes) is 2. The van der Waals surface area contributed by atoms with Crippen LogP contribution in [0.5, 0.6) is 0 Å². The predicted molar refractivity (Wildman–Crippen MR) is 74.3 cm³/mol. The van der Waals surface area contributed by atoms with Gasteiger partial charge in [-0.3, -0.25) is 4.90 Å². The van der Waals surface area contributed by atoms with Crippen molar-refractivity contribution in [2.45, 2.75) is 70.9 Å². The normalized spacial score (nSPS) is 33.9. The maximum absolute atomic E-state index is 3.75. The van der Waals surface area contributed by atoms with E-state index in [1.165, 1.54) is 51.7 Å². The second-order valence-corrected chi connectivity index (χ2v) is 7.00. The summed E-state index contributed by atoms with van der Waals surface area (Å²) < 4.78 is 0. The van der Waals surface area contributed by atoms with E-state index in [1.54, 1.807) is 0 Å². The molecule has 1 N–H and O–H groups in total. The maximum atomic E-state index is 3.75. The Bertz CT molecular complexity index is 258. The van der Waals surface area contributed by atoms with Gasteiger partial charge in [0, 0.05) is 24.2 Å². The average Bonchev–Trinajstić information content (AvgIpc) is 3.07. The largest absolute Gasteiger partial charge is 0.309 e. The highest BCUT2D eigenvalue weighted by Gasteiger charge is 2.49. The first-order valence-electron chi connectivity index (χ1n) is 7.48. The van der Waals surface area contributed by atoms with E-state index in [-0.39, 0.29) is 0 Å². The number of hydrogen-bond donors (Lipinski definition) is 1. The molecule has 0 radical (unpaired) electrons. The Kier molecular flexibility index (Phi) is 3.84. The molecule has 0 bridgehead atoms. The fourth-order valence-corrected chi connectivity index (χ4v) is 3.24. The third-order valence-electron chi connectivity index (χ3n) is 4.72. The van der Waals surface area contributed by atoms with Gasteiger partial charge in [-0.25, -0.2) is 0 Å². The highest BCUT2D eigenvalue weighted by atomic mass is 15.3. The van der Waals surface area contributed by atoms with Gasteiger partial charge < -0.3 is 5.32 Å². The Hall–Kier alpha value is -0.0800. The summed E-state index contributed by atoms with van der Waals surface area (Å²) in [6, 6.07) is 0. The van der Waals surface area contributed by atoms with Crippen LogP contribution in [-0.4, -0.2) is 35.6 Å². The number of rotatable bonds is 5. The third-order valence-corrected chi connectivity index (χ3v) is 4.72. The minimum absolute atomic E-state index is 0.292. The maximum Gasteiger partial charge on any atom is 0.0334 e. The minimum Gasteiger partial charge on any atom is -0.309 e. The quantitative estimate of drug-likeness (QED) is 0.741. The lowest BCUT2D eigenvalue weighted by Gasteiger charge is -2.52. The van der Waals surface area contributed by atoms with Crippen molar-refractivity contribution >= 4 is 0 Å². The fraction of sp³-hybridized carbons (Fsp3) is 1.00. The lowest BCUT2D eigenvalue weighted by molar-refractivity contribution is 0.0108. The molecule has 2 fully saturated rings. The van der Waals surface area contributed by atoms with Crippen molar-refractivity contribution in [2.24, 2.45) is 5.92 Å². The first-order chi connectivity index (χ1) is 7.98. The molecule has 1 atom stereocenters. The molecule has 100 valence electrons. The van der Waals surface area contributed by atoms with Crippen LogP contribution < -0.4 is 5.32 Å². The summed E-state index contributed by atoms with van der Waals surface area (Å²) >= 11 is 0. The molecule has 1 saturated heterocycles. The number of piperazine rings is 1. The van der Waals surface area contributed by atoms with E-state index in [0.29, 0.717) is 11.1 Å². The van der Waals surface area contributed by atoms with Crippen LogP contribution in [0.25, 0.3) is 0 Å². The van der Waals surface area contributed by atoms with Crippen molar-refractivity contribution in [3.63, 3.8) is 0 Å². The van der Waals surface area contributed by atoms with Crippen LogP contribution in [0.4, 0.5) is 0 Å². The van der Waals surface area contributed by atoms with Gasteiger partial charge in [-0.2, -0.15) is 0 Å². The molecule has 1 saturated carbocycles. The topological polar surface area (TPSA) is 15.3 Å². The molecule has 2 heteroatoms. The smallest absolute Gasteiger partial charge is 0.0334 e. The molecule has 1 heterocycles. The third kappa shape index (κ3) is 3.03. The molecule has 2 nitrogen and oxygen atoms in total. The molecule has 17 heavy (non-hydrogen) atoms. The Morgan fingerprint density at radius 2 is 1.88 bits per heavy atom. The van der Waals surface area contributed by atoms with Gasteiger partial charge in [0.05, 0.1) is 0 Å². The van der Waals surface area contributed by atoms with E-state index in [2.05, 4.69) is 37.9 Å². The van der Waals surface area contributed by atoms with E-state index in [9.17, 15) is 0 Å². The zero-order valence-electron chi connectivity index (χ0n) is 12.2. The first-order valence-corrected chi connectivity index (χ1v) is 7.48. The van der Waals surface area contributed by atoms with Gasteiger partial charge in [-0.15, -0.1) is 0 Å². The Morgan fingerprint density at radius 1 is 1.18 bits per heavy atom. The molecule has 2 aliphatic rings. The lowest BCUT2D eigenvalue weighted by Crippen LogP contribution is -2.68. The van der Waals surface area contributed by atoms with Gasteiger partial charge in [-0.05, 0) is 52.5 Å². The SMILES string of the molecule is CCCCCN1CC(C)(C)NCC1(C)C1CC1. The fourth-order valence-electron chi connectivity index (χ4n) is 3.24. The standard InChI is InChI=1S/C15H30N2/c1-5-6-7-10-17-12-14(2,3)16-11-15(17,4)13-8-9-13/h13,16H,5-12H2,1-4H3. The Balaban J connectivity index is 1.98. The van der Waals surface area contributed by atoms with Crippen molar-refractivity contribution in [2.75, 3.05) is 19.6 Å². The van der Waals surface area contributed by atoms with Crippen LogP contribution in [0.2, 0.25) is 0 Å². The summed E-state index contributed by atoms with van der Waals surface area (Å²) in [6.07, 6.45) is 6.97. The van der Waals surface area contributed by atoms with Crippen molar-refractivity contribution < 1.29 is 0 Å². The van der Waals surface area contributed by atoms with E-state index in [1.807, 2.05) is 0 Å². The monoisotopic (exact) mass is 238 g/mol. The van der Waals surface area contributed by atoms with Crippen molar-refractivity contribution in [1.29, 1.82) is 0 Å². The van der Waals surface area contributed by atoms with Crippen molar-refractivity contribution in [1.82, 2.24) is 10.2 Å². The van der Waals surface area contributed by atoms with Gasteiger partial charge in [0.1, 0.15) is 0 Å². The molecule has 0 amide bonds. The van der Waals surface area contributed by atoms with Gasteiger partial charge in [0.25, 0.3) is 0 Å². The summed E-state index contributed by atoms with van der Waals surface area (Å²) in [7, 11) is 0. The van der Waals surface area contributed by atoms with E-state index in [4.69, 9.17) is 0 Å². The van der Waals surface area contributed by atoms with E-state index in [0.717, 1.165) is 5.92 Å². The zero-order valence-corrected chi connectivity index (χ0v) is 12.2. The molecular formula is C15H30N2. The summed E-state index contributed by atoms with van der Waals surface area (Å²) in [5.74, 6) is 0.952. The number of nitrogens with zero attached hydrogens (tertiary/aromatic N) is 1. The van der Waals surface area contributed by atoms with Crippen molar-refractivity contribution in [3.8, 4) is 0 Å². The molecule has 0 spiro atoms. The van der Waals surface area contributed by atoms with E-state index < -0.39 is 0 Å². The molecule has 1 unspecified atom stereocenters. The van der Waals surface area contributed by atoms with Crippen LogP contribution in [-0.2, 0) is 0 Å². The number of hydrogen-bond acceptors (Lipinski definition) is 2. The summed E-state index contributed by atoms with van der Waals surface area (Å²) in [5.41, 5.74) is 0.726. The Labute approximate surface area is 107 Å². The first kappa shape index (κ1) is 13.4. The summed E-state index contributed by atoms with van der Waals surface area (Å²) in [4.78, 5) is 2.79. The van der Waals surface area contributed by atoms with Crippen LogP contribution in [0.1, 0.15) is 59.8 Å².